The van der Waals surface area contributed by atoms with E-state index in [4.69, 9.17) is 32.7 Å². The van der Waals surface area contributed by atoms with E-state index < -0.39 is 0 Å². The van der Waals surface area contributed by atoms with E-state index in [2.05, 4.69) is 5.32 Å². The summed E-state index contributed by atoms with van der Waals surface area (Å²) in [5.74, 6) is 0.837. The van der Waals surface area contributed by atoms with Gasteiger partial charge in [-0.1, -0.05) is 35.3 Å². The van der Waals surface area contributed by atoms with E-state index in [9.17, 15) is 4.79 Å². The largest absolute Gasteiger partial charge is 0.495 e. The lowest BCUT2D eigenvalue weighted by Gasteiger charge is -2.10. The van der Waals surface area contributed by atoms with Gasteiger partial charge in [0.2, 0.25) is 0 Å². The Balaban J connectivity index is 1.98. The Bertz CT molecular complexity index is 939. The number of amides is 1. The molecule has 25 heavy (non-hydrogen) atoms. The molecule has 3 aromatic rings. The van der Waals surface area contributed by atoms with Gasteiger partial charge in [-0.05, 0) is 31.2 Å². The number of anilines is 1. The number of fused-ring (bicyclic) bond motifs is 1. The molecular weight excluding hydrogens is 381 g/mol. The minimum absolute atomic E-state index is 0.312. The number of benzene rings is 2. The van der Waals surface area contributed by atoms with E-state index in [-0.39, 0.29) is 5.91 Å². The van der Waals surface area contributed by atoms with Gasteiger partial charge in [0.1, 0.15) is 21.4 Å². The second-order valence-electron chi connectivity index (χ2n) is 5.09. The van der Waals surface area contributed by atoms with Crippen molar-refractivity contribution in [3.63, 3.8) is 0 Å². The summed E-state index contributed by atoms with van der Waals surface area (Å²) in [6, 6.07) is 10.8. The maximum atomic E-state index is 12.7. The van der Waals surface area contributed by atoms with Crippen LogP contribution >= 0.6 is 34.5 Å². The summed E-state index contributed by atoms with van der Waals surface area (Å²) in [5, 5.41) is 4.39. The predicted molar refractivity (Wildman–Crippen MR) is 104 cm³/mol. The van der Waals surface area contributed by atoms with Gasteiger partial charge in [0, 0.05) is 5.39 Å². The third-order valence-electron chi connectivity index (χ3n) is 3.56. The van der Waals surface area contributed by atoms with Crippen molar-refractivity contribution in [2.75, 3.05) is 19.0 Å². The van der Waals surface area contributed by atoms with Gasteiger partial charge >= 0.3 is 0 Å². The van der Waals surface area contributed by atoms with Crippen molar-refractivity contribution in [1.82, 2.24) is 0 Å². The SMILES string of the molecule is CCOc1ccccc1NC(=O)c1sc2c(Cl)c(OC)ccc2c1Cl. The molecule has 2 aromatic carbocycles. The third kappa shape index (κ3) is 3.40. The van der Waals surface area contributed by atoms with Crippen molar-refractivity contribution in [3.05, 3.63) is 51.3 Å². The van der Waals surface area contributed by atoms with Crippen molar-refractivity contribution in [2.45, 2.75) is 6.92 Å². The Morgan fingerprint density at radius 3 is 2.60 bits per heavy atom. The molecule has 0 saturated heterocycles. The molecule has 0 aliphatic heterocycles. The third-order valence-corrected chi connectivity index (χ3v) is 5.78. The van der Waals surface area contributed by atoms with E-state index in [1.54, 1.807) is 31.4 Å². The fourth-order valence-electron chi connectivity index (χ4n) is 2.41. The number of nitrogens with one attached hydrogen (secondary N) is 1. The van der Waals surface area contributed by atoms with E-state index in [1.807, 2.05) is 19.1 Å². The lowest BCUT2D eigenvalue weighted by atomic mass is 10.2. The highest BCUT2D eigenvalue weighted by molar-refractivity contribution is 7.22. The fourth-order valence-corrected chi connectivity index (χ4v) is 4.20. The molecule has 0 bridgehead atoms. The number of thiophene rings is 1. The highest BCUT2D eigenvalue weighted by atomic mass is 35.5. The van der Waals surface area contributed by atoms with Crippen LogP contribution in [0.4, 0.5) is 5.69 Å². The van der Waals surface area contributed by atoms with Crippen molar-refractivity contribution < 1.29 is 14.3 Å². The first-order valence-corrected chi connectivity index (χ1v) is 9.11. The van der Waals surface area contributed by atoms with Crippen LogP contribution in [0.2, 0.25) is 10.0 Å². The molecular formula is C18H15Cl2NO3S. The second kappa shape index (κ2) is 7.52. The summed E-state index contributed by atoms with van der Waals surface area (Å²) in [5.41, 5.74) is 0.589. The van der Waals surface area contributed by atoms with Crippen molar-refractivity contribution in [3.8, 4) is 11.5 Å². The van der Waals surface area contributed by atoms with E-state index in [0.717, 1.165) is 5.39 Å². The van der Waals surface area contributed by atoms with Crippen LogP contribution in [0.15, 0.2) is 36.4 Å². The minimum Gasteiger partial charge on any atom is -0.495 e. The van der Waals surface area contributed by atoms with Crippen LogP contribution in [0.5, 0.6) is 11.5 Å². The van der Waals surface area contributed by atoms with Crippen LogP contribution in [-0.4, -0.2) is 19.6 Å². The molecule has 0 atom stereocenters. The van der Waals surface area contributed by atoms with E-state index in [0.29, 0.717) is 43.4 Å². The molecule has 3 rings (SSSR count). The summed E-state index contributed by atoms with van der Waals surface area (Å²) in [4.78, 5) is 13.1. The monoisotopic (exact) mass is 395 g/mol. The van der Waals surface area contributed by atoms with Crippen LogP contribution in [0.25, 0.3) is 10.1 Å². The van der Waals surface area contributed by atoms with Crippen molar-refractivity contribution in [2.24, 2.45) is 0 Å². The number of carbonyl (C=O) groups is 1. The number of halogens is 2. The summed E-state index contributed by atoms with van der Waals surface area (Å²) >= 11 is 14.0. The van der Waals surface area contributed by atoms with Gasteiger partial charge in [-0.25, -0.2) is 0 Å². The molecule has 0 aliphatic rings. The number of methoxy groups -OCH3 is 1. The molecule has 130 valence electrons. The average molecular weight is 396 g/mol. The zero-order chi connectivity index (χ0) is 18.0. The molecule has 7 heteroatoms. The van der Waals surface area contributed by atoms with Gasteiger partial charge in [0.05, 0.1) is 29.1 Å². The number of ether oxygens (including phenoxy) is 2. The topological polar surface area (TPSA) is 47.6 Å². The van der Waals surface area contributed by atoms with Crippen molar-refractivity contribution in [1.29, 1.82) is 0 Å². The highest BCUT2D eigenvalue weighted by Crippen LogP contribution is 2.43. The molecule has 4 nitrogen and oxygen atoms in total. The lowest BCUT2D eigenvalue weighted by molar-refractivity contribution is 0.103. The first-order chi connectivity index (χ1) is 12.1. The first kappa shape index (κ1) is 17.9. The van der Waals surface area contributed by atoms with E-state index >= 15 is 0 Å². The van der Waals surface area contributed by atoms with Gasteiger partial charge in [0.15, 0.2) is 0 Å². The summed E-state index contributed by atoms with van der Waals surface area (Å²) in [7, 11) is 1.54. The van der Waals surface area contributed by atoms with Crippen LogP contribution in [0.3, 0.4) is 0 Å². The number of hydrogen-bond donors (Lipinski definition) is 1. The normalized spacial score (nSPS) is 10.7. The maximum absolute atomic E-state index is 12.7. The molecule has 1 heterocycles. The number of carbonyl (C=O) groups excluding carboxylic acids is 1. The Morgan fingerprint density at radius 2 is 1.88 bits per heavy atom. The molecule has 1 N–H and O–H groups in total. The van der Waals surface area contributed by atoms with Gasteiger partial charge in [0.25, 0.3) is 5.91 Å². The van der Waals surface area contributed by atoms with E-state index in [1.165, 1.54) is 11.3 Å². The van der Waals surface area contributed by atoms with Crippen LogP contribution in [0.1, 0.15) is 16.6 Å². The maximum Gasteiger partial charge on any atom is 0.267 e. The van der Waals surface area contributed by atoms with Gasteiger partial charge in [-0.15, -0.1) is 11.3 Å². The molecule has 0 fully saturated rings. The lowest BCUT2D eigenvalue weighted by Crippen LogP contribution is -2.11. The highest BCUT2D eigenvalue weighted by Gasteiger charge is 2.21. The number of rotatable bonds is 5. The predicted octanol–water partition coefficient (Wildman–Crippen LogP) is 5.87. The molecule has 0 saturated carbocycles. The molecule has 0 spiro atoms. The Hall–Kier alpha value is -1.95. The zero-order valence-electron chi connectivity index (χ0n) is 13.6. The van der Waals surface area contributed by atoms with Gasteiger partial charge in [-0.2, -0.15) is 0 Å². The molecule has 0 radical (unpaired) electrons. The fraction of sp³-hybridized carbons (Fsp3) is 0.167. The standard InChI is InChI=1S/C18H15Cl2NO3S/c1-3-24-12-7-5-4-6-11(12)21-18(22)17-14(19)10-8-9-13(23-2)15(20)16(10)25-17/h4-9H,3H2,1-2H3,(H,21,22). The Labute approximate surface area is 159 Å². The molecule has 0 unspecified atom stereocenters. The van der Waals surface area contributed by atoms with Crippen LogP contribution < -0.4 is 14.8 Å². The quantitative estimate of drug-likeness (QED) is 0.587. The van der Waals surface area contributed by atoms with Gasteiger partial charge in [-0.3, -0.25) is 4.79 Å². The Morgan fingerprint density at radius 1 is 1.12 bits per heavy atom. The molecule has 0 aliphatic carbocycles. The van der Waals surface area contributed by atoms with Crippen LogP contribution in [-0.2, 0) is 0 Å². The summed E-state index contributed by atoms with van der Waals surface area (Å²) in [6.07, 6.45) is 0. The summed E-state index contributed by atoms with van der Waals surface area (Å²) < 4.78 is 11.5. The Kier molecular flexibility index (Phi) is 5.37. The minimum atomic E-state index is -0.312. The number of hydrogen-bond acceptors (Lipinski definition) is 4. The molecule has 1 aromatic heterocycles. The van der Waals surface area contributed by atoms with Crippen molar-refractivity contribution >= 4 is 56.2 Å². The average Bonchev–Trinajstić information content (AvgIpc) is 2.95. The molecule has 1 amide bonds. The summed E-state index contributed by atoms with van der Waals surface area (Å²) in [6.45, 7) is 2.39. The second-order valence-corrected chi connectivity index (χ2v) is 6.86. The first-order valence-electron chi connectivity index (χ1n) is 7.54. The zero-order valence-corrected chi connectivity index (χ0v) is 15.9. The number of para-hydroxylation sites is 2. The van der Waals surface area contributed by atoms with Gasteiger partial charge < -0.3 is 14.8 Å². The van der Waals surface area contributed by atoms with Crippen LogP contribution in [0, 0.1) is 0 Å². The smallest absolute Gasteiger partial charge is 0.267 e.